The molecule has 0 radical (unpaired) electrons. The van der Waals surface area contributed by atoms with Crippen molar-refractivity contribution in [1.82, 2.24) is 9.78 Å². The van der Waals surface area contributed by atoms with Crippen LogP contribution >= 0.6 is 0 Å². The Hall–Kier alpha value is -2.30. The van der Waals surface area contributed by atoms with E-state index in [2.05, 4.69) is 5.10 Å². The van der Waals surface area contributed by atoms with Crippen LogP contribution in [0.4, 0.5) is 0 Å². The summed E-state index contributed by atoms with van der Waals surface area (Å²) in [5.41, 5.74) is 9.18. The van der Waals surface area contributed by atoms with E-state index in [1.54, 1.807) is 11.7 Å². The molecule has 5 nitrogen and oxygen atoms in total. The van der Waals surface area contributed by atoms with Gasteiger partial charge in [0.15, 0.2) is 0 Å². The van der Waals surface area contributed by atoms with E-state index in [0.717, 1.165) is 5.56 Å². The average molecular weight is 258 g/mol. The van der Waals surface area contributed by atoms with Gasteiger partial charge in [0.1, 0.15) is 17.1 Å². The second kappa shape index (κ2) is 4.76. The van der Waals surface area contributed by atoms with Gasteiger partial charge in [-0.1, -0.05) is 6.07 Å². The van der Waals surface area contributed by atoms with E-state index in [4.69, 9.17) is 15.9 Å². The molecule has 2 rings (SSSR count). The number of nitrogens with two attached hydrogens (primary N) is 1. The molecule has 5 heteroatoms. The van der Waals surface area contributed by atoms with Gasteiger partial charge in [-0.2, -0.15) is 5.10 Å². The molecule has 19 heavy (non-hydrogen) atoms. The first-order valence-corrected chi connectivity index (χ1v) is 6.03. The standard InChI is InChI=1S/C14H18N4O/c1-8-5-6-11(7-9(8)2)19-14-12(13(15)16)10(3)17-18(14)4/h5-7H,1-4H3,(H3,15,16). The molecule has 3 N–H and O–H groups in total. The summed E-state index contributed by atoms with van der Waals surface area (Å²) < 4.78 is 7.44. The van der Waals surface area contributed by atoms with Crippen LogP contribution in [-0.4, -0.2) is 15.6 Å². The molecule has 1 aromatic carbocycles. The van der Waals surface area contributed by atoms with Gasteiger partial charge in [-0.15, -0.1) is 0 Å². The quantitative estimate of drug-likeness (QED) is 0.655. The van der Waals surface area contributed by atoms with Gasteiger partial charge in [-0.3, -0.25) is 5.41 Å². The van der Waals surface area contributed by atoms with Gasteiger partial charge < -0.3 is 10.5 Å². The number of amidine groups is 1. The number of nitrogens with zero attached hydrogens (tertiary/aromatic N) is 2. The predicted molar refractivity (Wildman–Crippen MR) is 75.0 cm³/mol. The van der Waals surface area contributed by atoms with Crippen LogP contribution in [-0.2, 0) is 7.05 Å². The van der Waals surface area contributed by atoms with Crippen molar-refractivity contribution < 1.29 is 4.74 Å². The highest BCUT2D eigenvalue weighted by Crippen LogP contribution is 2.28. The Morgan fingerprint density at radius 3 is 2.53 bits per heavy atom. The fraction of sp³-hybridized carbons (Fsp3) is 0.286. The number of aryl methyl sites for hydroxylation is 4. The van der Waals surface area contributed by atoms with Crippen LogP contribution in [0.15, 0.2) is 18.2 Å². The number of nitrogens with one attached hydrogen (secondary N) is 1. The van der Waals surface area contributed by atoms with E-state index >= 15 is 0 Å². The van der Waals surface area contributed by atoms with Gasteiger partial charge in [-0.05, 0) is 44.0 Å². The summed E-state index contributed by atoms with van der Waals surface area (Å²) >= 11 is 0. The van der Waals surface area contributed by atoms with Crippen LogP contribution in [0.2, 0.25) is 0 Å². The molecule has 0 atom stereocenters. The van der Waals surface area contributed by atoms with E-state index in [1.165, 1.54) is 5.56 Å². The summed E-state index contributed by atoms with van der Waals surface area (Å²) in [6, 6.07) is 5.86. The molecule has 0 spiro atoms. The van der Waals surface area contributed by atoms with E-state index in [1.807, 2.05) is 39.0 Å². The molecule has 0 aliphatic carbocycles. The van der Waals surface area contributed by atoms with Gasteiger partial charge in [0.25, 0.3) is 0 Å². The number of rotatable bonds is 3. The third-order valence-corrected chi connectivity index (χ3v) is 3.13. The first-order valence-electron chi connectivity index (χ1n) is 6.03. The Bertz CT molecular complexity index is 643. The summed E-state index contributed by atoms with van der Waals surface area (Å²) in [5.74, 6) is 1.17. The molecule has 1 aromatic heterocycles. The van der Waals surface area contributed by atoms with Crippen molar-refractivity contribution in [3.8, 4) is 11.6 Å². The minimum Gasteiger partial charge on any atom is -0.438 e. The highest BCUT2D eigenvalue weighted by Gasteiger charge is 2.18. The molecule has 0 aliphatic rings. The Morgan fingerprint density at radius 2 is 1.95 bits per heavy atom. The van der Waals surface area contributed by atoms with Gasteiger partial charge >= 0.3 is 0 Å². The minimum absolute atomic E-state index is 0.0376. The number of hydrogen-bond donors (Lipinski definition) is 2. The fourth-order valence-electron chi connectivity index (χ4n) is 1.95. The molecule has 0 bridgehead atoms. The average Bonchev–Trinajstić information content (AvgIpc) is 2.59. The maximum atomic E-state index is 7.62. The van der Waals surface area contributed by atoms with Crippen LogP contribution < -0.4 is 10.5 Å². The molecule has 100 valence electrons. The van der Waals surface area contributed by atoms with E-state index < -0.39 is 0 Å². The Labute approximate surface area is 112 Å². The molecule has 0 amide bonds. The lowest BCUT2D eigenvalue weighted by atomic mass is 10.1. The summed E-state index contributed by atoms with van der Waals surface area (Å²) in [5, 5.41) is 11.9. The van der Waals surface area contributed by atoms with Crippen LogP contribution in [0.1, 0.15) is 22.4 Å². The Balaban J connectivity index is 2.43. The highest BCUT2D eigenvalue weighted by molar-refractivity contribution is 5.98. The minimum atomic E-state index is -0.0376. The van der Waals surface area contributed by atoms with Crippen molar-refractivity contribution in [3.63, 3.8) is 0 Å². The van der Waals surface area contributed by atoms with Gasteiger partial charge in [0.2, 0.25) is 5.88 Å². The lowest BCUT2D eigenvalue weighted by molar-refractivity contribution is 0.429. The van der Waals surface area contributed by atoms with E-state index in [0.29, 0.717) is 22.9 Å². The summed E-state index contributed by atoms with van der Waals surface area (Å²) in [4.78, 5) is 0. The van der Waals surface area contributed by atoms with Crippen molar-refractivity contribution >= 4 is 5.84 Å². The van der Waals surface area contributed by atoms with Crippen LogP contribution in [0, 0.1) is 26.2 Å². The zero-order valence-corrected chi connectivity index (χ0v) is 11.6. The summed E-state index contributed by atoms with van der Waals surface area (Å²) in [6.07, 6.45) is 0. The third-order valence-electron chi connectivity index (χ3n) is 3.13. The smallest absolute Gasteiger partial charge is 0.228 e. The van der Waals surface area contributed by atoms with Crippen molar-refractivity contribution in [2.24, 2.45) is 12.8 Å². The van der Waals surface area contributed by atoms with Crippen LogP contribution in [0.25, 0.3) is 0 Å². The number of ether oxygens (including phenoxy) is 1. The zero-order valence-electron chi connectivity index (χ0n) is 11.6. The third kappa shape index (κ3) is 2.45. The number of hydrogen-bond acceptors (Lipinski definition) is 3. The fourth-order valence-corrected chi connectivity index (χ4v) is 1.95. The first kappa shape index (κ1) is 13.1. The van der Waals surface area contributed by atoms with Gasteiger partial charge in [0, 0.05) is 7.05 Å². The maximum absolute atomic E-state index is 7.62. The van der Waals surface area contributed by atoms with Crippen molar-refractivity contribution in [2.75, 3.05) is 0 Å². The summed E-state index contributed by atoms with van der Waals surface area (Å²) in [6.45, 7) is 5.89. The Kier molecular flexibility index (Phi) is 3.29. The van der Waals surface area contributed by atoms with E-state index in [-0.39, 0.29) is 5.84 Å². The molecule has 0 unspecified atom stereocenters. The number of benzene rings is 1. The molecular formula is C14H18N4O. The first-order chi connectivity index (χ1) is 8.90. The number of nitrogen functional groups attached to an aromatic ring is 1. The molecule has 0 fully saturated rings. The molecule has 1 heterocycles. The largest absolute Gasteiger partial charge is 0.438 e. The molecular weight excluding hydrogens is 240 g/mol. The SMILES string of the molecule is Cc1ccc(Oc2c(C(=N)N)c(C)nn2C)cc1C. The summed E-state index contributed by atoms with van der Waals surface area (Å²) in [7, 11) is 1.77. The predicted octanol–water partition coefficient (Wildman–Crippen LogP) is 2.42. The van der Waals surface area contributed by atoms with Crippen molar-refractivity contribution in [1.29, 1.82) is 5.41 Å². The monoisotopic (exact) mass is 258 g/mol. The normalized spacial score (nSPS) is 10.5. The van der Waals surface area contributed by atoms with Gasteiger partial charge in [-0.25, -0.2) is 4.68 Å². The molecule has 2 aromatic rings. The molecule has 0 saturated heterocycles. The lowest BCUT2D eigenvalue weighted by Crippen LogP contribution is -2.13. The van der Waals surface area contributed by atoms with Crippen molar-refractivity contribution in [2.45, 2.75) is 20.8 Å². The second-order valence-corrected chi connectivity index (χ2v) is 4.65. The van der Waals surface area contributed by atoms with Gasteiger partial charge in [0.05, 0.1) is 5.69 Å². The van der Waals surface area contributed by atoms with Crippen molar-refractivity contribution in [3.05, 3.63) is 40.6 Å². The zero-order chi connectivity index (χ0) is 14.2. The number of aromatic nitrogens is 2. The molecule has 0 aliphatic heterocycles. The molecule has 0 saturated carbocycles. The van der Waals surface area contributed by atoms with E-state index in [9.17, 15) is 0 Å². The van der Waals surface area contributed by atoms with Crippen LogP contribution in [0.5, 0.6) is 11.6 Å². The topological polar surface area (TPSA) is 76.9 Å². The second-order valence-electron chi connectivity index (χ2n) is 4.65. The lowest BCUT2D eigenvalue weighted by Gasteiger charge is -2.09. The maximum Gasteiger partial charge on any atom is 0.228 e. The Morgan fingerprint density at radius 1 is 1.26 bits per heavy atom. The highest BCUT2D eigenvalue weighted by atomic mass is 16.5. The van der Waals surface area contributed by atoms with Crippen LogP contribution in [0.3, 0.4) is 0 Å².